The number of Topliss-reactive ketones (excluding diaryl/α,β-unsaturated/α-hetero) is 1. The maximum absolute atomic E-state index is 11.0. The molecule has 0 bridgehead atoms. The number of hydrogen-bond acceptors (Lipinski definition) is 4. The van der Waals surface area contributed by atoms with Crippen molar-refractivity contribution in [2.75, 3.05) is 0 Å². The van der Waals surface area contributed by atoms with Gasteiger partial charge in [-0.1, -0.05) is 0 Å². The molecule has 1 rings (SSSR count). The van der Waals surface area contributed by atoms with E-state index in [1.165, 1.54) is 12.5 Å². The molecule has 2 N–H and O–H groups in total. The molecule has 1 aromatic rings. The zero-order valence-corrected chi connectivity index (χ0v) is 6.32. The zero-order valence-electron chi connectivity index (χ0n) is 6.32. The molecule has 0 aliphatic carbocycles. The lowest BCUT2D eigenvalue weighted by Crippen LogP contribution is -2.12. The summed E-state index contributed by atoms with van der Waals surface area (Å²) in [5, 5.41) is 0. The lowest BCUT2D eigenvalue weighted by atomic mass is 10.2. The number of nitrogens with two attached hydrogens (primary N) is 1. The Morgan fingerprint density at radius 2 is 2.25 bits per heavy atom. The second kappa shape index (κ2) is 3.66. The highest BCUT2D eigenvalue weighted by atomic mass is 16.3. The average Bonchev–Trinajstić information content (AvgIpc) is 2.51. The first-order valence-corrected chi connectivity index (χ1v) is 3.41. The minimum absolute atomic E-state index is 0.0243. The van der Waals surface area contributed by atoms with Crippen molar-refractivity contribution in [1.29, 1.82) is 0 Å². The molecule has 64 valence electrons. The van der Waals surface area contributed by atoms with Crippen molar-refractivity contribution in [3.63, 3.8) is 0 Å². The lowest BCUT2D eigenvalue weighted by molar-refractivity contribution is -0.118. The smallest absolute Gasteiger partial charge is 0.263 e. The molecule has 0 aliphatic rings. The Bertz CT molecular complexity index is 279. The Hall–Kier alpha value is -1.65. The molecule has 1 aromatic heterocycles. The third-order valence-corrected chi connectivity index (χ3v) is 1.27. The third-order valence-electron chi connectivity index (χ3n) is 1.27. The molecule has 0 aromatic carbocycles. The van der Waals surface area contributed by atoms with Gasteiger partial charge in [0, 0.05) is 12.8 Å². The van der Waals surface area contributed by atoms with Crippen LogP contribution in [0.1, 0.15) is 23.5 Å². The highest BCUT2D eigenvalue weighted by Gasteiger charge is 2.10. The van der Waals surface area contributed by atoms with E-state index in [9.17, 15) is 9.59 Å². The maximum Gasteiger partial charge on any atom is 0.263 e. The molecule has 1 amide bonds. The summed E-state index contributed by atoms with van der Waals surface area (Å²) in [5.74, 6) is -0.787. The SMILES string of the molecule is NC(=O)CCC(=O)c1ncco1. The number of nitrogens with zero attached hydrogens (tertiary/aromatic N) is 1. The Labute approximate surface area is 68.6 Å². The monoisotopic (exact) mass is 168 g/mol. The third kappa shape index (κ3) is 2.19. The number of hydrogen-bond donors (Lipinski definition) is 1. The fraction of sp³-hybridized carbons (Fsp3) is 0.286. The van der Waals surface area contributed by atoms with Crippen molar-refractivity contribution in [3.8, 4) is 0 Å². The zero-order chi connectivity index (χ0) is 8.97. The Kier molecular flexibility index (Phi) is 2.57. The summed E-state index contributed by atoms with van der Waals surface area (Å²) in [6.45, 7) is 0. The molecule has 5 nitrogen and oxygen atoms in total. The Morgan fingerprint density at radius 1 is 1.50 bits per heavy atom. The van der Waals surface area contributed by atoms with Crippen LogP contribution in [0, 0.1) is 0 Å². The summed E-state index contributed by atoms with van der Waals surface area (Å²) < 4.78 is 4.71. The van der Waals surface area contributed by atoms with Gasteiger partial charge in [0.2, 0.25) is 11.7 Å². The van der Waals surface area contributed by atoms with E-state index in [0.29, 0.717) is 0 Å². The second-order valence-corrected chi connectivity index (χ2v) is 2.23. The number of oxazole rings is 1. The van der Waals surface area contributed by atoms with Gasteiger partial charge in [0.05, 0.1) is 6.20 Å². The molecule has 0 atom stereocenters. The van der Waals surface area contributed by atoms with E-state index in [1.807, 2.05) is 0 Å². The van der Waals surface area contributed by atoms with Gasteiger partial charge in [0.25, 0.3) is 5.89 Å². The number of carbonyl (C=O) groups excluding carboxylic acids is 2. The van der Waals surface area contributed by atoms with Crippen molar-refractivity contribution in [2.45, 2.75) is 12.8 Å². The van der Waals surface area contributed by atoms with Crippen LogP contribution in [-0.2, 0) is 4.79 Å². The van der Waals surface area contributed by atoms with E-state index in [-0.39, 0.29) is 24.5 Å². The predicted octanol–water partition coefficient (Wildman–Crippen LogP) is 0.123. The number of amides is 1. The molecule has 0 radical (unpaired) electrons. The van der Waals surface area contributed by atoms with Crippen molar-refractivity contribution in [1.82, 2.24) is 4.98 Å². The molecule has 0 fully saturated rings. The fourth-order valence-electron chi connectivity index (χ4n) is 0.705. The van der Waals surface area contributed by atoms with E-state index in [4.69, 9.17) is 10.2 Å². The summed E-state index contributed by atoms with van der Waals surface area (Å²) in [5.41, 5.74) is 4.85. The summed E-state index contributed by atoms with van der Waals surface area (Å²) in [6, 6.07) is 0. The van der Waals surface area contributed by atoms with Gasteiger partial charge in [0.15, 0.2) is 0 Å². The van der Waals surface area contributed by atoms with E-state index in [1.54, 1.807) is 0 Å². The van der Waals surface area contributed by atoms with Crippen LogP contribution in [-0.4, -0.2) is 16.7 Å². The number of aromatic nitrogens is 1. The van der Waals surface area contributed by atoms with Crippen molar-refractivity contribution in [3.05, 3.63) is 18.4 Å². The average molecular weight is 168 g/mol. The molecule has 0 aliphatic heterocycles. The summed E-state index contributed by atoms with van der Waals surface area (Å²) >= 11 is 0. The van der Waals surface area contributed by atoms with Crippen molar-refractivity contribution < 1.29 is 14.0 Å². The molecule has 1 heterocycles. The van der Waals surface area contributed by atoms with E-state index in [2.05, 4.69) is 4.98 Å². The van der Waals surface area contributed by atoms with Crippen LogP contribution in [0.25, 0.3) is 0 Å². The van der Waals surface area contributed by atoms with Crippen molar-refractivity contribution >= 4 is 11.7 Å². The van der Waals surface area contributed by atoms with Crippen LogP contribution in [0.3, 0.4) is 0 Å². The van der Waals surface area contributed by atoms with E-state index in [0.717, 1.165) is 0 Å². The van der Waals surface area contributed by atoms with Gasteiger partial charge in [-0.15, -0.1) is 0 Å². The molecule has 0 spiro atoms. The van der Waals surface area contributed by atoms with Crippen LogP contribution in [0.4, 0.5) is 0 Å². The van der Waals surface area contributed by atoms with Gasteiger partial charge >= 0.3 is 0 Å². The van der Waals surface area contributed by atoms with Gasteiger partial charge in [0.1, 0.15) is 6.26 Å². The molecule has 0 unspecified atom stereocenters. The van der Waals surface area contributed by atoms with Crippen LogP contribution < -0.4 is 5.73 Å². The normalized spacial score (nSPS) is 9.67. The van der Waals surface area contributed by atoms with Crippen LogP contribution in [0.2, 0.25) is 0 Å². The van der Waals surface area contributed by atoms with Gasteiger partial charge < -0.3 is 10.2 Å². The van der Waals surface area contributed by atoms with Gasteiger partial charge in [-0.05, 0) is 0 Å². The van der Waals surface area contributed by atoms with E-state index < -0.39 is 5.91 Å². The summed E-state index contributed by atoms with van der Waals surface area (Å²) in [7, 11) is 0. The second-order valence-electron chi connectivity index (χ2n) is 2.23. The number of ketones is 1. The highest BCUT2D eigenvalue weighted by Crippen LogP contribution is 2.01. The molecule has 12 heavy (non-hydrogen) atoms. The standard InChI is InChI=1S/C7H8N2O3/c8-6(11)2-1-5(10)7-9-3-4-12-7/h3-4H,1-2H2,(H2,8,11). The minimum Gasteiger partial charge on any atom is -0.442 e. The summed E-state index contributed by atoms with van der Waals surface area (Å²) in [6.07, 6.45) is 2.76. The quantitative estimate of drug-likeness (QED) is 0.647. The first-order chi connectivity index (χ1) is 5.70. The van der Waals surface area contributed by atoms with Crippen LogP contribution >= 0.6 is 0 Å². The van der Waals surface area contributed by atoms with Crippen molar-refractivity contribution in [2.24, 2.45) is 5.73 Å². The van der Waals surface area contributed by atoms with Gasteiger partial charge in [-0.2, -0.15) is 0 Å². The molecule has 0 saturated heterocycles. The highest BCUT2D eigenvalue weighted by molar-refractivity contribution is 5.93. The minimum atomic E-state index is -0.505. The topological polar surface area (TPSA) is 86.2 Å². The first kappa shape index (κ1) is 8.45. The number of primary amides is 1. The molecular formula is C7H8N2O3. The molecule has 0 saturated carbocycles. The molecule has 5 heteroatoms. The molecular weight excluding hydrogens is 160 g/mol. The Balaban J connectivity index is 2.45. The largest absolute Gasteiger partial charge is 0.442 e. The number of rotatable bonds is 4. The van der Waals surface area contributed by atoms with E-state index >= 15 is 0 Å². The van der Waals surface area contributed by atoms with Gasteiger partial charge in [-0.25, -0.2) is 4.98 Å². The van der Waals surface area contributed by atoms with Crippen LogP contribution in [0.5, 0.6) is 0 Å². The Morgan fingerprint density at radius 3 is 2.75 bits per heavy atom. The maximum atomic E-state index is 11.0. The summed E-state index contributed by atoms with van der Waals surface area (Å²) in [4.78, 5) is 25.0. The first-order valence-electron chi connectivity index (χ1n) is 3.41. The van der Waals surface area contributed by atoms with Crippen LogP contribution in [0.15, 0.2) is 16.9 Å². The number of carbonyl (C=O) groups is 2. The predicted molar refractivity (Wildman–Crippen MR) is 39.3 cm³/mol. The fourth-order valence-corrected chi connectivity index (χ4v) is 0.705. The van der Waals surface area contributed by atoms with Gasteiger partial charge in [-0.3, -0.25) is 9.59 Å². The lowest BCUT2D eigenvalue weighted by Gasteiger charge is -1.91.